The van der Waals surface area contributed by atoms with Crippen molar-refractivity contribution in [3.8, 4) is 0 Å². The monoisotopic (exact) mass is 354 g/mol. The van der Waals surface area contributed by atoms with Crippen LogP contribution in [0.2, 0.25) is 0 Å². The molecule has 2 nitrogen and oxygen atoms in total. The predicted molar refractivity (Wildman–Crippen MR) is 62.9 cm³/mol. The molecule has 0 atom stereocenters. The van der Waals surface area contributed by atoms with Gasteiger partial charge in [0.2, 0.25) is 0 Å². The van der Waals surface area contributed by atoms with E-state index in [9.17, 15) is 4.79 Å². The number of aryl methyl sites for hydroxylation is 1. The van der Waals surface area contributed by atoms with Gasteiger partial charge in [-0.1, -0.05) is 22.0 Å². The van der Waals surface area contributed by atoms with Gasteiger partial charge in [-0.25, -0.2) is 0 Å². The van der Waals surface area contributed by atoms with Gasteiger partial charge in [-0.2, -0.15) is 0 Å². The van der Waals surface area contributed by atoms with E-state index >= 15 is 0 Å². The lowest BCUT2D eigenvalue weighted by Crippen LogP contribution is -2.02. The standard InChI is InChI=1S/C9H8BrIO2/c1-5-2-6(3-9(12)13)8(11)4-7(5)10/h2,4H,3H2,1H3,(H,12,13). The summed E-state index contributed by atoms with van der Waals surface area (Å²) in [5.74, 6) is -0.792. The van der Waals surface area contributed by atoms with Crippen molar-refractivity contribution in [1.29, 1.82) is 0 Å². The average Bonchev–Trinajstić information content (AvgIpc) is 1.99. The summed E-state index contributed by atoms with van der Waals surface area (Å²) in [7, 11) is 0. The SMILES string of the molecule is Cc1cc(CC(=O)O)c(I)cc1Br. The minimum Gasteiger partial charge on any atom is -0.481 e. The minimum atomic E-state index is -0.792. The summed E-state index contributed by atoms with van der Waals surface area (Å²) >= 11 is 5.54. The fourth-order valence-corrected chi connectivity index (χ4v) is 2.44. The quantitative estimate of drug-likeness (QED) is 0.829. The lowest BCUT2D eigenvalue weighted by atomic mass is 10.1. The molecule has 0 saturated heterocycles. The summed E-state index contributed by atoms with van der Waals surface area (Å²) in [5, 5.41) is 8.64. The lowest BCUT2D eigenvalue weighted by Gasteiger charge is -2.05. The molecule has 0 aliphatic rings. The second kappa shape index (κ2) is 4.41. The van der Waals surface area contributed by atoms with Crippen LogP contribution < -0.4 is 0 Å². The fraction of sp³-hybridized carbons (Fsp3) is 0.222. The van der Waals surface area contributed by atoms with Gasteiger partial charge in [0, 0.05) is 8.04 Å². The van der Waals surface area contributed by atoms with E-state index < -0.39 is 5.97 Å². The van der Waals surface area contributed by atoms with Crippen LogP contribution in [0, 0.1) is 10.5 Å². The molecule has 0 aromatic heterocycles. The summed E-state index contributed by atoms with van der Waals surface area (Å²) in [6.07, 6.45) is 0.0897. The Kier molecular flexibility index (Phi) is 3.73. The fourth-order valence-electron chi connectivity index (χ4n) is 1.02. The van der Waals surface area contributed by atoms with E-state index in [-0.39, 0.29) is 6.42 Å². The highest BCUT2D eigenvalue weighted by atomic mass is 127. The zero-order valence-corrected chi connectivity index (χ0v) is 10.7. The maximum absolute atomic E-state index is 10.5. The number of carboxylic acid groups (broad SMARTS) is 1. The average molecular weight is 355 g/mol. The van der Waals surface area contributed by atoms with Crippen molar-refractivity contribution in [3.05, 3.63) is 31.3 Å². The third-order valence-corrected chi connectivity index (χ3v) is 3.53. The first-order chi connectivity index (χ1) is 6.00. The van der Waals surface area contributed by atoms with Crippen LogP contribution in [0.25, 0.3) is 0 Å². The zero-order valence-electron chi connectivity index (χ0n) is 6.97. The normalized spacial score (nSPS) is 10.1. The molecule has 13 heavy (non-hydrogen) atoms. The number of benzene rings is 1. The van der Waals surface area contributed by atoms with Crippen LogP contribution in [0.5, 0.6) is 0 Å². The molecule has 0 aliphatic heterocycles. The summed E-state index contributed by atoms with van der Waals surface area (Å²) in [5.41, 5.74) is 1.94. The molecule has 0 aliphatic carbocycles. The van der Waals surface area contributed by atoms with Gasteiger partial charge in [-0.05, 0) is 46.7 Å². The molecule has 1 aromatic rings. The van der Waals surface area contributed by atoms with Gasteiger partial charge in [0.05, 0.1) is 6.42 Å². The molecule has 4 heteroatoms. The van der Waals surface area contributed by atoms with Crippen molar-refractivity contribution >= 4 is 44.5 Å². The van der Waals surface area contributed by atoms with Gasteiger partial charge >= 0.3 is 5.97 Å². The molecule has 0 spiro atoms. The van der Waals surface area contributed by atoms with E-state index in [1.807, 2.05) is 19.1 Å². The maximum Gasteiger partial charge on any atom is 0.307 e. The summed E-state index contributed by atoms with van der Waals surface area (Å²) in [6, 6.07) is 3.84. The minimum absolute atomic E-state index is 0.0897. The van der Waals surface area contributed by atoms with E-state index in [4.69, 9.17) is 5.11 Å². The van der Waals surface area contributed by atoms with Crippen LogP contribution in [-0.4, -0.2) is 11.1 Å². The van der Waals surface area contributed by atoms with E-state index in [1.54, 1.807) is 0 Å². The Bertz CT molecular complexity index is 350. The van der Waals surface area contributed by atoms with Crippen LogP contribution in [0.4, 0.5) is 0 Å². The Hall–Kier alpha value is -0.1000. The molecule has 1 N–H and O–H groups in total. The molecule has 1 aromatic carbocycles. The second-order valence-corrected chi connectivity index (χ2v) is 4.78. The number of hydrogen-bond acceptors (Lipinski definition) is 1. The number of aliphatic carboxylic acids is 1. The van der Waals surface area contributed by atoms with Crippen LogP contribution in [0.3, 0.4) is 0 Å². The summed E-state index contributed by atoms with van der Waals surface area (Å²) in [4.78, 5) is 10.5. The van der Waals surface area contributed by atoms with E-state index in [2.05, 4.69) is 38.5 Å². The highest BCUT2D eigenvalue weighted by Gasteiger charge is 2.07. The Morgan fingerprint density at radius 2 is 2.23 bits per heavy atom. The summed E-state index contributed by atoms with van der Waals surface area (Å²) < 4.78 is 2.00. The van der Waals surface area contributed by atoms with Crippen molar-refractivity contribution < 1.29 is 9.90 Å². The van der Waals surface area contributed by atoms with Crippen molar-refractivity contribution in [2.45, 2.75) is 13.3 Å². The van der Waals surface area contributed by atoms with Gasteiger partial charge in [0.25, 0.3) is 0 Å². The Morgan fingerprint density at radius 3 is 2.77 bits per heavy atom. The molecule has 0 amide bonds. The molecule has 0 bridgehead atoms. The van der Waals surface area contributed by atoms with Gasteiger partial charge in [-0.3, -0.25) is 4.79 Å². The third kappa shape index (κ3) is 2.95. The Labute approximate surface area is 98.6 Å². The van der Waals surface area contributed by atoms with E-state index in [0.29, 0.717) is 0 Å². The van der Waals surface area contributed by atoms with Crippen LogP contribution >= 0.6 is 38.5 Å². The van der Waals surface area contributed by atoms with Gasteiger partial charge < -0.3 is 5.11 Å². The predicted octanol–water partition coefficient (Wildman–Crippen LogP) is 2.99. The smallest absolute Gasteiger partial charge is 0.307 e. The summed E-state index contributed by atoms with van der Waals surface area (Å²) in [6.45, 7) is 1.95. The molecule has 0 unspecified atom stereocenters. The van der Waals surface area contributed by atoms with Gasteiger partial charge in [-0.15, -0.1) is 0 Å². The molecule has 1 rings (SSSR count). The highest BCUT2D eigenvalue weighted by molar-refractivity contribution is 14.1. The number of carboxylic acids is 1. The molecule has 0 radical (unpaired) electrons. The second-order valence-electron chi connectivity index (χ2n) is 2.76. The first kappa shape index (κ1) is 11.0. The lowest BCUT2D eigenvalue weighted by molar-refractivity contribution is -0.136. The molecule has 70 valence electrons. The molecular formula is C9H8BrIO2. The van der Waals surface area contributed by atoms with Crippen molar-refractivity contribution in [3.63, 3.8) is 0 Å². The van der Waals surface area contributed by atoms with Crippen molar-refractivity contribution in [2.24, 2.45) is 0 Å². The molecule has 0 fully saturated rings. The van der Waals surface area contributed by atoms with Gasteiger partial charge in [0.1, 0.15) is 0 Å². The largest absolute Gasteiger partial charge is 0.481 e. The highest BCUT2D eigenvalue weighted by Crippen LogP contribution is 2.23. The first-order valence-electron chi connectivity index (χ1n) is 3.67. The van der Waals surface area contributed by atoms with Crippen LogP contribution in [0.1, 0.15) is 11.1 Å². The maximum atomic E-state index is 10.5. The Morgan fingerprint density at radius 1 is 1.62 bits per heavy atom. The van der Waals surface area contributed by atoms with Crippen molar-refractivity contribution in [2.75, 3.05) is 0 Å². The molecule has 0 heterocycles. The number of hydrogen-bond donors (Lipinski definition) is 1. The Balaban J connectivity index is 3.08. The molecular weight excluding hydrogens is 347 g/mol. The number of rotatable bonds is 2. The number of carbonyl (C=O) groups is 1. The topological polar surface area (TPSA) is 37.3 Å². The zero-order chi connectivity index (χ0) is 10.0. The van der Waals surface area contributed by atoms with E-state index in [0.717, 1.165) is 19.2 Å². The van der Waals surface area contributed by atoms with E-state index in [1.165, 1.54) is 0 Å². The van der Waals surface area contributed by atoms with Crippen LogP contribution in [-0.2, 0) is 11.2 Å². The van der Waals surface area contributed by atoms with Crippen molar-refractivity contribution in [1.82, 2.24) is 0 Å². The molecule has 0 saturated carbocycles. The number of halogens is 2. The van der Waals surface area contributed by atoms with Gasteiger partial charge in [0.15, 0.2) is 0 Å². The van der Waals surface area contributed by atoms with Crippen LogP contribution in [0.15, 0.2) is 16.6 Å². The first-order valence-corrected chi connectivity index (χ1v) is 5.54. The third-order valence-electron chi connectivity index (χ3n) is 1.67.